The summed E-state index contributed by atoms with van der Waals surface area (Å²) < 4.78 is 0. The zero-order valence-corrected chi connectivity index (χ0v) is 9.10. The third-order valence-corrected chi connectivity index (χ3v) is 0.365. The zero-order chi connectivity index (χ0) is 7.15. The summed E-state index contributed by atoms with van der Waals surface area (Å²) >= 11 is 0. The van der Waals surface area contributed by atoms with Gasteiger partial charge in [-0.2, -0.15) is 0 Å². The van der Waals surface area contributed by atoms with Gasteiger partial charge in [0.05, 0.1) is 0 Å². The summed E-state index contributed by atoms with van der Waals surface area (Å²) in [6.07, 6.45) is 0. The Hall–Kier alpha value is 0.586. The molecule has 0 aliphatic carbocycles. The van der Waals surface area contributed by atoms with Gasteiger partial charge in [0.15, 0.2) is 0 Å². The monoisotopic (exact) mass is 155 g/mol. The van der Waals surface area contributed by atoms with Gasteiger partial charge in [0.25, 0.3) is 0 Å². The molecule has 0 amide bonds. The van der Waals surface area contributed by atoms with Crippen LogP contribution in [0.3, 0.4) is 0 Å². The molecule has 49 valence electrons. The van der Waals surface area contributed by atoms with E-state index >= 15 is 0 Å². The van der Waals surface area contributed by atoms with Crippen LogP contribution in [-0.2, 0) is 4.79 Å². The fourth-order valence-corrected chi connectivity index (χ4v) is 0. The Kier molecular flexibility index (Phi) is 20.6. The fourth-order valence-electron chi connectivity index (χ4n) is 0. The maximum absolute atomic E-state index is 9.60. The van der Waals surface area contributed by atoms with Crippen LogP contribution in [0.1, 0.15) is 8.35 Å². The van der Waals surface area contributed by atoms with Crippen molar-refractivity contribution in [3.8, 4) is 0 Å². The maximum atomic E-state index is 9.60. The maximum Gasteiger partial charge on any atom is 0.330 e. The minimum Gasteiger partial charge on any atom is -0.478 e. The van der Waals surface area contributed by atoms with Gasteiger partial charge in [-0.3, -0.25) is 0 Å². The quantitative estimate of drug-likeness (QED) is 0.352. The molecule has 2 nitrogen and oxygen atoms in total. The van der Waals surface area contributed by atoms with Crippen molar-refractivity contribution in [3.63, 3.8) is 0 Å². The molecule has 0 aliphatic heterocycles. The van der Waals surface area contributed by atoms with E-state index in [9.17, 15) is 4.79 Å². The topological polar surface area (TPSA) is 37.3 Å². The average molecular weight is 155 g/mol. The Bertz CT molecular complexity index is 91.9. The van der Waals surface area contributed by atoms with Gasteiger partial charge in [-0.1, -0.05) is 6.58 Å². The van der Waals surface area contributed by atoms with Crippen LogP contribution in [0.5, 0.6) is 0 Å². The van der Waals surface area contributed by atoms with Crippen molar-refractivity contribution in [1.29, 1.82) is 0 Å². The third kappa shape index (κ3) is 17.7. The van der Waals surface area contributed by atoms with E-state index in [1.807, 2.05) is 0 Å². The molecule has 0 spiro atoms. The summed E-state index contributed by atoms with van der Waals surface area (Å²) in [4.78, 5) is 9.60. The first-order chi connectivity index (χ1) is 3.64. The predicted molar refractivity (Wildman–Crippen MR) is 41.6 cm³/mol. The molecule has 0 aromatic rings. The van der Waals surface area contributed by atoms with Crippen molar-refractivity contribution < 1.29 is 11.3 Å². The van der Waals surface area contributed by atoms with E-state index in [-0.39, 0.29) is 58.4 Å². The molecule has 1 N–H and O–H groups in total. The Balaban J connectivity index is -0.0000000412. The molecule has 0 aromatic carbocycles. The van der Waals surface area contributed by atoms with Crippen LogP contribution in [0.25, 0.3) is 0 Å². The van der Waals surface area contributed by atoms with Crippen molar-refractivity contribution in [3.05, 3.63) is 25.3 Å². The van der Waals surface area contributed by atoms with Crippen LogP contribution in [-0.4, -0.2) is 62.5 Å². The number of rotatable bonds is 1. The number of aliphatic carboxylic acids is 1. The Labute approximate surface area is 99.6 Å². The van der Waals surface area contributed by atoms with Gasteiger partial charge in [0.2, 0.25) is 0 Å². The zero-order valence-electron chi connectivity index (χ0n) is 5.98. The number of carboxylic acids is 1. The summed E-state index contributed by atoms with van der Waals surface area (Å²) in [7, 11) is 0. The molecule has 0 fully saturated rings. The minimum absolute atomic E-state index is 0. The van der Waals surface area contributed by atoms with Crippen molar-refractivity contribution in [2.75, 3.05) is 0 Å². The molecule has 0 saturated carbocycles. The molecule has 0 aromatic heterocycles. The van der Waals surface area contributed by atoms with Gasteiger partial charge < -0.3 is 5.11 Å². The SMILES string of the molecule is C=C.C=C(C)C(=O)O.[HH].[K]. The first-order valence-corrected chi connectivity index (χ1v) is 2.03. The minimum atomic E-state index is -0.935. The Morgan fingerprint density at radius 2 is 1.67 bits per heavy atom. The third-order valence-electron chi connectivity index (χ3n) is 0.365. The number of carboxylic acid groups (broad SMARTS) is 1. The molecular formula is C6H12KO2. The van der Waals surface area contributed by atoms with Crippen LogP contribution in [0.2, 0.25) is 0 Å². The molecule has 0 unspecified atom stereocenters. The van der Waals surface area contributed by atoms with Gasteiger partial charge in [-0.05, 0) is 6.92 Å². The fraction of sp³-hybridized carbons (Fsp3) is 0.167. The van der Waals surface area contributed by atoms with Gasteiger partial charge in [0, 0.05) is 58.4 Å². The normalized spacial score (nSPS) is 5.44. The molecule has 1 radical (unpaired) electrons. The molecule has 0 atom stereocenters. The molecule has 0 heterocycles. The van der Waals surface area contributed by atoms with Gasteiger partial charge in [-0.25, -0.2) is 4.79 Å². The first kappa shape index (κ1) is 16.3. The van der Waals surface area contributed by atoms with E-state index in [0.717, 1.165) is 0 Å². The summed E-state index contributed by atoms with van der Waals surface area (Å²) in [5.74, 6) is -0.935. The van der Waals surface area contributed by atoms with Crippen LogP contribution < -0.4 is 0 Å². The van der Waals surface area contributed by atoms with E-state index in [0.29, 0.717) is 0 Å². The standard InChI is InChI=1S/C4H6O2.C2H4.K.H2/c1-3(2)4(5)6;1-2;;/h1H2,2H3,(H,5,6);1-2H2;;1H. The summed E-state index contributed by atoms with van der Waals surface area (Å²) in [6.45, 7) is 10.6. The van der Waals surface area contributed by atoms with Crippen molar-refractivity contribution in [2.24, 2.45) is 0 Å². The van der Waals surface area contributed by atoms with Crippen LogP contribution in [0.15, 0.2) is 25.3 Å². The predicted octanol–water partition coefficient (Wildman–Crippen LogP) is 1.31. The summed E-state index contributed by atoms with van der Waals surface area (Å²) in [5.41, 5.74) is 0.176. The second kappa shape index (κ2) is 11.4. The van der Waals surface area contributed by atoms with Crippen LogP contribution in [0, 0.1) is 0 Å². The Morgan fingerprint density at radius 3 is 1.67 bits per heavy atom. The smallest absolute Gasteiger partial charge is 0.330 e. The van der Waals surface area contributed by atoms with Gasteiger partial charge >= 0.3 is 5.97 Å². The van der Waals surface area contributed by atoms with E-state index < -0.39 is 5.97 Å². The second-order valence-electron chi connectivity index (χ2n) is 1.09. The molecular weight excluding hydrogens is 143 g/mol. The average Bonchev–Trinajstić information content (AvgIpc) is 1.72. The van der Waals surface area contributed by atoms with E-state index in [4.69, 9.17) is 5.11 Å². The van der Waals surface area contributed by atoms with Crippen molar-refractivity contribution >= 4 is 57.4 Å². The van der Waals surface area contributed by atoms with E-state index in [1.165, 1.54) is 6.92 Å². The van der Waals surface area contributed by atoms with Crippen LogP contribution in [0.4, 0.5) is 0 Å². The molecule has 0 rings (SSSR count). The molecule has 0 bridgehead atoms. The molecule has 3 heteroatoms. The van der Waals surface area contributed by atoms with E-state index in [2.05, 4.69) is 19.7 Å². The Morgan fingerprint density at radius 1 is 1.56 bits per heavy atom. The molecule has 0 aliphatic rings. The number of hydrogen-bond donors (Lipinski definition) is 1. The van der Waals surface area contributed by atoms with Crippen LogP contribution >= 0.6 is 0 Å². The summed E-state index contributed by atoms with van der Waals surface area (Å²) in [6, 6.07) is 0. The second-order valence-corrected chi connectivity index (χ2v) is 1.09. The molecule has 9 heavy (non-hydrogen) atoms. The van der Waals surface area contributed by atoms with Gasteiger partial charge in [-0.15, -0.1) is 13.2 Å². The first-order valence-electron chi connectivity index (χ1n) is 2.03. The molecule has 0 saturated heterocycles. The van der Waals surface area contributed by atoms with Crippen molar-refractivity contribution in [1.82, 2.24) is 0 Å². The van der Waals surface area contributed by atoms with Gasteiger partial charge in [0.1, 0.15) is 0 Å². The van der Waals surface area contributed by atoms with Crippen molar-refractivity contribution in [2.45, 2.75) is 6.92 Å². The van der Waals surface area contributed by atoms with E-state index in [1.54, 1.807) is 0 Å². The largest absolute Gasteiger partial charge is 0.478 e. The number of hydrogen-bond acceptors (Lipinski definition) is 1. The summed E-state index contributed by atoms with van der Waals surface area (Å²) in [5, 5.41) is 7.89. The number of carbonyl (C=O) groups is 1.